The Morgan fingerprint density at radius 3 is 2.03 bits per heavy atom. The number of nitrogens with zero attached hydrogens (tertiary/aromatic N) is 2. The van der Waals surface area contributed by atoms with E-state index in [2.05, 4.69) is 48.1 Å². The van der Waals surface area contributed by atoms with Crippen LogP contribution >= 0.6 is 0 Å². The van der Waals surface area contributed by atoms with Gasteiger partial charge in [-0.15, -0.1) is 0 Å². The van der Waals surface area contributed by atoms with Crippen molar-refractivity contribution in [1.82, 2.24) is 9.97 Å². The molecule has 4 nitrogen and oxygen atoms in total. The molecule has 1 aromatic carbocycles. The van der Waals surface area contributed by atoms with E-state index in [0.29, 0.717) is 18.0 Å². The van der Waals surface area contributed by atoms with E-state index in [1.54, 1.807) is 12.4 Å². The number of carbonyl (C=O) groups is 1. The first-order valence-electron chi connectivity index (χ1n) is 11.3. The second kappa shape index (κ2) is 13.9. The maximum atomic E-state index is 11.9. The zero-order valence-corrected chi connectivity index (χ0v) is 18.2. The molecule has 0 fully saturated rings. The van der Waals surface area contributed by atoms with Gasteiger partial charge in [0, 0.05) is 12.0 Å². The van der Waals surface area contributed by atoms with E-state index in [4.69, 9.17) is 4.74 Å². The van der Waals surface area contributed by atoms with Crippen molar-refractivity contribution in [1.29, 1.82) is 0 Å². The van der Waals surface area contributed by atoms with Gasteiger partial charge >= 0.3 is 5.97 Å². The van der Waals surface area contributed by atoms with Crippen LogP contribution in [0.4, 0.5) is 0 Å². The van der Waals surface area contributed by atoms with Gasteiger partial charge in [-0.2, -0.15) is 0 Å². The molecule has 0 amide bonds. The molecule has 0 aliphatic heterocycles. The second-order valence-electron chi connectivity index (χ2n) is 7.74. The maximum absolute atomic E-state index is 11.9. The Hall–Kier alpha value is -2.23. The van der Waals surface area contributed by atoms with Gasteiger partial charge in [-0.05, 0) is 24.8 Å². The van der Waals surface area contributed by atoms with Gasteiger partial charge in [0.15, 0.2) is 11.6 Å². The SMILES string of the molecule is CCCCCCCCc1ccc(-c2ncc(OC(=O)CCCCCC)cn2)cc1. The third-order valence-corrected chi connectivity index (χ3v) is 5.13. The molecular weight excluding hydrogens is 360 g/mol. The molecule has 0 saturated carbocycles. The summed E-state index contributed by atoms with van der Waals surface area (Å²) in [6.45, 7) is 4.40. The zero-order valence-electron chi connectivity index (χ0n) is 18.2. The molecule has 0 saturated heterocycles. The highest BCUT2D eigenvalue weighted by atomic mass is 16.5. The molecule has 0 aliphatic rings. The fourth-order valence-electron chi connectivity index (χ4n) is 3.33. The highest BCUT2D eigenvalue weighted by Gasteiger charge is 2.07. The van der Waals surface area contributed by atoms with Crippen LogP contribution in [0.2, 0.25) is 0 Å². The number of esters is 1. The molecule has 1 heterocycles. The van der Waals surface area contributed by atoms with Crippen LogP contribution in [-0.2, 0) is 11.2 Å². The van der Waals surface area contributed by atoms with Gasteiger partial charge < -0.3 is 4.74 Å². The molecular formula is C25H36N2O2. The summed E-state index contributed by atoms with van der Waals surface area (Å²) < 4.78 is 5.32. The van der Waals surface area contributed by atoms with Crippen LogP contribution in [0.5, 0.6) is 5.75 Å². The Labute approximate surface area is 176 Å². The number of rotatable bonds is 14. The van der Waals surface area contributed by atoms with Crippen LogP contribution in [0.1, 0.15) is 90.0 Å². The minimum absolute atomic E-state index is 0.212. The molecule has 0 N–H and O–H groups in total. The molecule has 0 radical (unpaired) electrons. The van der Waals surface area contributed by atoms with E-state index >= 15 is 0 Å². The van der Waals surface area contributed by atoms with Crippen molar-refractivity contribution < 1.29 is 9.53 Å². The monoisotopic (exact) mass is 396 g/mol. The Morgan fingerprint density at radius 1 is 0.793 bits per heavy atom. The minimum Gasteiger partial charge on any atom is -0.423 e. The normalized spacial score (nSPS) is 10.8. The van der Waals surface area contributed by atoms with Gasteiger partial charge in [0.2, 0.25) is 0 Å². The van der Waals surface area contributed by atoms with E-state index in [-0.39, 0.29) is 5.97 Å². The minimum atomic E-state index is -0.212. The van der Waals surface area contributed by atoms with Crippen molar-refractivity contribution >= 4 is 5.97 Å². The van der Waals surface area contributed by atoms with Gasteiger partial charge in [-0.3, -0.25) is 4.79 Å². The lowest BCUT2D eigenvalue weighted by Crippen LogP contribution is -2.08. The second-order valence-corrected chi connectivity index (χ2v) is 7.74. The third kappa shape index (κ3) is 9.21. The topological polar surface area (TPSA) is 52.1 Å². The van der Waals surface area contributed by atoms with E-state index < -0.39 is 0 Å². The van der Waals surface area contributed by atoms with Crippen LogP contribution in [0.3, 0.4) is 0 Å². The van der Waals surface area contributed by atoms with Crippen LogP contribution in [0.15, 0.2) is 36.7 Å². The fraction of sp³-hybridized carbons (Fsp3) is 0.560. The standard InChI is InChI=1S/C25H36N2O2/c1-3-5-7-9-10-11-13-21-15-17-22(18-16-21)25-26-19-23(20-27-25)29-24(28)14-12-8-6-4-2/h15-20H,3-14H2,1-2H3. The van der Waals surface area contributed by atoms with Crippen molar-refractivity contribution in [3.05, 3.63) is 42.2 Å². The average Bonchev–Trinajstić information content (AvgIpc) is 2.75. The first-order valence-corrected chi connectivity index (χ1v) is 11.3. The van der Waals surface area contributed by atoms with Crippen LogP contribution in [0, 0.1) is 0 Å². The third-order valence-electron chi connectivity index (χ3n) is 5.13. The molecule has 0 spiro atoms. The van der Waals surface area contributed by atoms with Crippen molar-refractivity contribution in [3.8, 4) is 17.1 Å². The van der Waals surface area contributed by atoms with E-state index in [9.17, 15) is 4.79 Å². The number of aryl methyl sites for hydroxylation is 1. The molecule has 1 aromatic heterocycles. The lowest BCUT2D eigenvalue weighted by Gasteiger charge is -2.06. The van der Waals surface area contributed by atoms with Gasteiger partial charge in [-0.1, -0.05) is 89.5 Å². The molecule has 0 unspecified atom stereocenters. The summed E-state index contributed by atoms with van der Waals surface area (Å²) in [6.07, 6.45) is 16.9. The van der Waals surface area contributed by atoms with E-state index in [1.807, 2.05) is 0 Å². The molecule has 158 valence electrons. The van der Waals surface area contributed by atoms with Gasteiger partial charge in [0.1, 0.15) is 0 Å². The van der Waals surface area contributed by atoms with Crippen LogP contribution < -0.4 is 4.74 Å². The average molecular weight is 397 g/mol. The molecule has 2 aromatic rings. The highest BCUT2D eigenvalue weighted by Crippen LogP contribution is 2.19. The predicted molar refractivity (Wildman–Crippen MR) is 119 cm³/mol. The van der Waals surface area contributed by atoms with Gasteiger partial charge in [-0.25, -0.2) is 9.97 Å². The Balaban J connectivity index is 1.76. The number of benzene rings is 1. The molecule has 0 bridgehead atoms. The number of hydrogen-bond donors (Lipinski definition) is 0. The Kier molecular flexibility index (Phi) is 11.0. The zero-order chi connectivity index (χ0) is 20.7. The summed E-state index contributed by atoms with van der Waals surface area (Å²) in [5.74, 6) is 0.851. The number of hydrogen-bond acceptors (Lipinski definition) is 4. The number of carbonyl (C=O) groups excluding carboxylic acids is 1. The van der Waals surface area contributed by atoms with Crippen molar-refractivity contribution in [2.45, 2.75) is 90.9 Å². The fourth-order valence-corrected chi connectivity index (χ4v) is 3.33. The van der Waals surface area contributed by atoms with Gasteiger partial charge in [0.05, 0.1) is 12.4 Å². The van der Waals surface area contributed by atoms with Crippen LogP contribution in [-0.4, -0.2) is 15.9 Å². The number of aromatic nitrogens is 2. The van der Waals surface area contributed by atoms with E-state index in [0.717, 1.165) is 37.7 Å². The summed E-state index contributed by atoms with van der Waals surface area (Å²) in [6, 6.07) is 8.46. The molecule has 2 rings (SSSR count). The van der Waals surface area contributed by atoms with Gasteiger partial charge in [0.25, 0.3) is 0 Å². The largest absolute Gasteiger partial charge is 0.423 e. The van der Waals surface area contributed by atoms with E-state index in [1.165, 1.54) is 44.1 Å². The number of unbranched alkanes of at least 4 members (excludes halogenated alkanes) is 8. The lowest BCUT2D eigenvalue weighted by atomic mass is 10.0. The summed E-state index contributed by atoms with van der Waals surface area (Å²) in [5, 5.41) is 0. The molecule has 4 heteroatoms. The Morgan fingerprint density at radius 2 is 1.38 bits per heavy atom. The summed E-state index contributed by atoms with van der Waals surface area (Å²) in [5.41, 5.74) is 2.34. The van der Waals surface area contributed by atoms with Crippen molar-refractivity contribution in [2.24, 2.45) is 0 Å². The summed E-state index contributed by atoms with van der Waals surface area (Å²) >= 11 is 0. The Bertz CT molecular complexity index is 696. The number of ether oxygens (including phenoxy) is 1. The first-order chi connectivity index (χ1) is 14.2. The maximum Gasteiger partial charge on any atom is 0.311 e. The smallest absolute Gasteiger partial charge is 0.311 e. The van der Waals surface area contributed by atoms with Crippen molar-refractivity contribution in [2.75, 3.05) is 0 Å². The van der Waals surface area contributed by atoms with Crippen molar-refractivity contribution in [3.63, 3.8) is 0 Å². The van der Waals surface area contributed by atoms with Crippen LogP contribution in [0.25, 0.3) is 11.4 Å². The summed E-state index contributed by atoms with van der Waals surface area (Å²) in [7, 11) is 0. The first kappa shape index (κ1) is 23.1. The highest BCUT2D eigenvalue weighted by molar-refractivity contribution is 5.72. The lowest BCUT2D eigenvalue weighted by molar-refractivity contribution is -0.134. The molecule has 0 atom stereocenters. The quantitative estimate of drug-likeness (QED) is 0.257. The predicted octanol–water partition coefficient (Wildman–Crippen LogP) is 6.92. The molecule has 0 aliphatic carbocycles. The summed E-state index contributed by atoms with van der Waals surface area (Å²) in [4.78, 5) is 20.6. The molecule has 29 heavy (non-hydrogen) atoms.